The molecule has 1 N–H and O–H groups in total. The van der Waals surface area contributed by atoms with Gasteiger partial charge in [0.2, 0.25) is 0 Å². The second-order valence-corrected chi connectivity index (χ2v) is 8.17. The van der Waals surface area contributed by atoms with Crippen molar-refractivity contribution in [1.82, 2.24) is 24.8 Å². The maximum atomic E-state index is 13.2. The van der Waals surface area contributed by atoms with Crippen molar-refractivity contribution >= 4 is 5.91 Å². The molecular weight excluding hydrogens is 394 g/mol. The zero-order chi connectivity index (χ0) is 21.4. The summed E-state index contributed by atoms with van der Waals surface area (Å²) < 4.78 is 5.24. The molecule has 3 aromatic heterocycles. The first kappa shape index (κ1) is 19.4. The topological polar surface area (TPSA) is 101 Å². The second kappa shape index (κ2) is 7.61. The summed E-state index contributed by atoms with van der Waals surface area (Å²) in [4.78, 5) is 44.0. The minimum atomic E-state index is -0.312. The number of pyridine rings is 2. The zero-order valence-electron chi connectivity index (χ0n) is 17.3. The molecule has 31 heavy (non-hydrogen) atoms. The summed E-state index contributed by atoms with van der Waals surface area (Å²) >= 11 is 0. The number of carbonyl (C=O) groups excluding carboxylic acids is 1. The van der Waals surface area contributed by atoms with E-state index in [4.69, 9.17) is 9.72 Å². The van der Waals surface area contributed by atoms with Gasteiger partial charge in [-0.2, -0.15) is 0 Å². The molecule has 0 saturated carbocycles. The average molecular weight is 417 g/mol. The number of amides is 1. The van der Waals surface area contributed by atoms with E-state index in [1.807, 2.05) is 17.0 Å². The van der Waals surface area contributed by atoms with Crippen LogP contribution in [0.4, 0.5) is 0 Å². The Kier molecular flexibility index (Phi) is 4.77. The lowest BCUT2D eigenvalue weighted by Crippen LogP contribution is -2.48. The van der Waals surface area contributed by atoms with Crippen molar-refractivity contribution in [2.45, 2.75) is 31.1 Å². The third kappa shape index (κ3) is 3.37. The van der Waals surface area contributed by atoms with Crippen LogP contribution in [0.15, 0.2) is 47.7 Å². The van der Waals surface area contributed by atoms with Crippen molar-refractivity contribution in [1.29, 1.82) is 0 Å². The monoisotopic (exact) mass is 417 g/mol. The fourth-order valence-electron chi connectivity index (χ4n) is 4.81. The van der Waals surface area contributed by atoms with Gasteiger partial charge in [-0.25, -0.2) is 4.98 Å². The fraction of sp³-hybridized carbons (Fsp3) is 0.348. The molecule has 1 aliphatic carbocycles. The standard InChI is InChI=1S/C23H23N5O3/c1-31-16-6-10-25-18(12-16)22(30)28-11-3-7-23(14-28)8-5-17-19(23)26-20(27-21(17)29)15-4-2-9-24-13-15/h2,4,6,9-10,12-13H,3,5,7-8,11,14H2,1H3,(H,26,27,29). The number of nitrogens with zero attached hydrogens (tertiary/aromatic N) is 4. The molecule has 1 saturated heterocycles. The minimum absolute atomic E-state index is 0.0985. The third-order valence-corrected chi connectivity index (χ3v) is 6.36. The SMILES string of the molecule is COc1ccnc(C(=O)N2CCCC3(CCc4c3nc(-c3cccnc3)[nH]c4=O)C2)c1. The Balaban J connectivity index is 1.50. The van der Waals surface area contributed by atoms with E-state index in [0.717, 1.165) is 36.1 Å². The number of likely N-dealkylation sites (tertiary alicyclic amines) is 1. The van der Waals surface area contributed by atoms with E-state index in [0.29, 0.717) is 36.8 Å². The van der Waals surface area contributed by atoms with Crippen LogP contribution in [0.25, 0.3) is 11.4 Å². The summed E-state index contributed by atoms with van der Waals surface area (Å²) in [5.74, 6) is 1.00. The van der Waals surface area contributed by atoms with Gasteiger partial charge in [0.1, 0.15) is 17.3 Å². The molecule has 1 unspecified atom stereocenters. The molecule has 1 amide bonds. The van der Waals surface area contributed by atoms with Crippen molar-refractivity contribution in [2.75, 3.05) is 20.2 Å². The molecule has 3 aromatic rings. The van der Waals surface area contributed by atoms with Gasteiger partial charge in [-0.3, -0.25) is 19.6 Å². The van der Waals surface area contributed by atoms with Crippen LogP contribution in [0.3, 0.4) is 0 Å². The van der Waals surface area contributed by atoms with Crippen molar-refractivity contribution < 1.29 is 9.53 Å². The predicted octanol–water partition coefficient (Wildman–Crippen LogP) is 2.36. The smallest absolute Gasteiger partial charge is 0.272 e. The number of piperidine rings is 1. The number of methoxy groups -OCH3 is 1. The van der Waals surface area contributed by atoms with E-state index in [1.54, 1.807) is 37.8 Å². The highest BCUT2D eigenvalue weighted by Crippen LogP contribution is 2.43. The Hall–Kier alpha value is -3.55. The van der Waals surface area contributed by atoms with Crippen molar-refractivity contribution in [3.63, 3.8) is 0 Å². The summed E-state index contributed by atoms with van der Waals surface area (Å²) in [7, 11) is 1.57. The highest BCUT2D eigenvalue weighted by molar-refractivity contribution is 5.92. The van der Waals surface area contributed by atoms with Crippen molar-refractivity contribution in [3.8, 4) is 17.1 Å². The zero-order valence-corrected chi connectivity index (χ0v) is 17.3. The van der Waals surface area contributed by atoms with Crippen molar-refractivity contribution in [3.05, 3.63) is 70.2 Å². The summed E-state index contributed by atoms with van der Waals surface area (Å²) in [5, 5.41) is 0. The first-order valence-corrected chi connectivity index (χ1v) is 10.4. The number of rotatable bonds is 3. The number of ether oxygens (including phenoxy) is 1. The van der Waals surface area contributed by atoms with Crippen LogP contribution in [0.2, 0.25) is 0 Å². The molecular formula is C23H23N5O3. The van der Waals surface area contributed by atoms with E-state index in [2.05, 4.69) is 15.0 Å². The van der Waals surface area contributed by atoms with Gasteiger partial charge in [0.15, 0.2) is 0 Å². The molecule has 4 heterocycles. The van der Waals surface area contributed by atoms with Gasteiger partial charge in [-0.1, -0.05) is 0 Å². The molecule has 8 heteroatoms. The van der Waals surface area contributed by atoms with Crippen LogP contribution in [-0.4, -0.2) is 50.9 Å². The maximum Gasteiger partial charge on any atom is 0.272 e. The van der Waals surface area contributed by atoms with Gasteiger partial charge in [0.25, 0.3) is 11.5 Å². The predicted molar refractivity (Wildman–Crippen MR) is 114 cm³/mol. The number of carbonyl (C=O) groups is 1. The van der Waals surface area contributed by atoms with Gasteiger partial charge in [-0.15, -0.1) is 0 Å². The summed E-state index contributed by atoms with van der Waals surface area (Å²) in [6.45, 7) is 1.19. The van der Waals surface area contributed by atoms with Crippen LogP contribution < -0.4 is 10.3 Å². The fourth-order valence-corrected chi connectivity index (χ4v) is 4.81. The van der Waals surface area contributed by atoms with Gasteiger partial charge >= 0.3 is 0 Å². The van der Waals surface area contributed by atoms with Crippen LogP contribution in [-0.2, 0) is 11.8 Å². The molecule has 0 radical (unpaired) electrons. The lowest BCUT2D eigenvalue weighted by atomic mass is 9.77. The highest BCUT2D eigenvalue weighted by Gasteiger charge is 2.46. The lowest BCUT2D eigenvalue weighted by molar-refractivity contribution is 0.0627. The normalized spacial score (nSPS) is 20.0. The molecule has 5 rings (SSSR count). The summed E-state index contributed by atoms with van der Waals surface area (Å²) in [6, 6.07) is 7.08. The molecule has 2 aliphatic rings. The molecule has 1 fully saturated rings. The Morgan fingerprint density at radius 1 is 1.26 bits per heavy atom. The average Bonchev–Trinajstić information content (AvgIpc) is 3.17. The van der Waals surface area contributed by atoms with E-state index in [1.165, 1.54) is 0 Å². The lowest BCUT2D eigenvalue weighted by Gasteiger charge is -2.40. The van der Waals surface area contributed by atoms with Crippen LogP contribution in [0.1, 0.15) is 41.0 Å². The van der Waals surface area contributed by atoms with Crippen LogP contribution in [0.5, 0.6) is 5.75 Å². The first-order valence-electron chi connectivity index (χ1n) is 10.4. The third-order valence-electron chi connectivity index (χ3n) is 6.36. The highest BCUT2D eigenvalue weighted by atomic mass is 16.5. The summed E-state index contributed by atoms with van der Waals surface area (Å²) in [6.07, 6.45) is 8.20. The molecule has 1 atom stereocenters. The number of nitrogens with one attached hydrogen (secondary N) is 1. The minimum Gasteiger partial charge on any atom is -0.497 e. The number of hydrogen-bond donors (Lipinski definition) is 1. The molecule has 1 spiro atoms. The van der Waals surface area contributed by atoms with Gasteiger partial charge < -0.3 is 14.6 Å². The molecule has 1 aliphatic heterocycles. The van der Waals surface area contributed by atoms with E-state index in [9.17, 15) is 9.59 Å². The van der Waals surface area contributed by atoms with Gasteiger partial charge in [0, 0.05) is 54.3 Å². The van der Waals surface area contributed by atoms with Crippen LogP contribution in [0, 0.1) is 0 Å². The number of H-pyrrole nitrogens is 1. The molecule has 158 valence electrons. The Bertz CT molecular complexity index is 1190. The van der Waals surface area contributed by atoms with E-state index < -0.39 is 0 Å². The van der Waals surface area contributed by atoms with E-state index in [-0.39, 0.29) is 16.9 Å². The number of fused-ring (bicyclic) bond motifs is 2. The van der Waals surface area contributed by atoms with Gasteiger partial charge in [0.05, 0.1) is 12.8 Å². The molecule has 8 nitrogen and oxygen atoms in total. The molecule has 0 aromatic carbocycles. The quantitative estimate of drug-likeness (QED) is 0.702. The number of aromatic amines is 1. The Labute approximate surface area is 179 Å². The van der Waals surface area contributed by atoms with Gasteiger partial charge in [-0.05, 0) is 43.9 Å². The molecule has 0 bridgehead atoms. The maximum absolute atomic E-state index is 13.2. The van der Waals surface area contributed by atoms with E-state index >= 15 is 0 Å². The van der Waals surface area contributed by atoms with Crippen molar-refractivity contribution in [2.24, 2.45) is 0 Å². The summed E-state index contributed by atoms with van der Waals surface area (Å²) in [5.41, 5.74) is 2.29. The van der Waals surface area contributed by atoms with Crippen LogP contribution >= 0.6 is 0 Å². The Morgan fingerprint density at radius 2 is 2.16 bits per heavy atom. The Morgan fingerprint density at radius 3 is 2.97 bits per heavy atom. The first-order chi connectivity index (χ1) is 15.1. The largest absolute Gasteiger partial charge is 0.497 e. The number of aromatic nitrogens is 4. The second-order valence-electron chi connectivity index (χ2n) is 8.17. The number of hydrogen-bond acceptors (Lipinski definition) is 6.